The molecule has 7 nitrogen and oxygen atoms in total. The van der Waals surface area contributed by atoms with E-state index in [0.29, 0.717) is 10.7 Å². The molecule has 124 valence electrons. The fourth-order valence-electron chi connectivity index (χ4n) is 2.02. The van der Waals surface area contributed by atoms with Gasteiger partial charge in [0.1, 0.15) is 11.6 Å². The SMILES string of the molecule is Cc1c(C#N)c(O)n(CCO)c(=O)c1N=Nc1ccc(Cl)c(Cl)c1. The molecule has 0 spiro atoms. The maximum absolute atomic E-state index is 12.4. The molecule has 2 rings (SSSR count). The van der Waals surface area contributed by atoms with Crippen LogP contribution in [0.25, 0.3) is 0 Å². The van der Waals surface area contributed by atoms with Gasteiger partial charge in [0.05, 0.1) is 28.9 Å². The van der Waals surface area contributed by atoms with Crippen LogP contribution in [0.1, 0.15) is 11.1 Å². The van der Waals surface area contributed by atoms with E-state index in [9.17, 15) is 9.90 Å². The van der Waals surface area contributed by atoms with Gasteiger partial charge in [-0.1, -0.05) is 23.2 Å². The van der Waals surface area contributed by atoms with Crippen molar-refractivity contribution in [3.8, 4) is 11.9 Å². The van der Waals surface area contributed by atoms with Crippen molar-refractivity contribution in [1.29, 1.82) is 5.26 Å². The summed E-state index contributed by atoms with van der Waals surface area (Å²) in [5.74, 6) is -0.512. The minimum absolute atomic E-state index is 0.105. The maximum atomic E-state index is 12.4. The second-order valence-corrected chi connectivity index (χ2v) is 5.58. The largest absolute Gasteiger partial charge is 0.493 e. The zero-order valence-corrected chi connectivity index (χ0v) is 14.0. The number of aliphatic hydroxyl groups excluding tert-OH is 1. The van der Waals surface area contributed by atoms with Crippen LogP contribution >= 0.6 is 23.2 Å². The Labute approximate surface area is 147 Å². The lowest BCUT2D eigenvalue weighted by atomic mass is 10.1. The first-order chi connectivity index (χ1) is 11.4. The van der Waals surface area contributed by atoms with Crippen molar-refractivity contribution >= 4 is 34.6 Å². The van der Waals surface area contributed by atoms with Gasteiger partial charge in [-0.15, -0.1) is 5.11 Å². The number of aromatic hydroxyl groups is 1. The summed E-state index contributed by atoms with van der Waals surface area (Å²) in [6.07, 6.45) is 0. The van der Waals surface area contributed by atoms with Gasteiger partial charge < -0.3 is 10.2 Å². The average molecular weight is 367 g/mol. The number of nitrogens with zero attached hydrogens (tertiary/aromatic N) is 4. The second kappa shape index (κ2) is 7.45. The molecular weight excluding hydrogens is 355 g/mol. The number of halogens is 2. The smallest absolute Gasteiger partial charge is 0.281 e. The molecule has 1 aromatic carbocycles. The van der Waals surface area contributed by atoms with E-state index in [4.69, 9.17) is 33.6 Å². The minimum atomic E-state index is -0.665. The van der Waals surface area contributed by atoms with E-state index < -0.39 is 11.4 Å². The quantitative estimate of drug-likeness (QED) is 0.806. The van der Waals surface area contributed by atoms with Gasteiger partial charge in [0, 0.05) is 5.56 Å². The number of hydrogen-bond donors (Lipinski definition) is 2. The Balaban J connectivity index is 2.59. The molecule has 0 aliphatic heterocycles. The predicted molar refractivity (Wildman–Crippen MR) is 89.5 cm³/mol. The molecule has 0 saturated carbocycles. The number of rotatable bonds is 4. The summed E-state index contributed by atoms with van der Waals surface area (Å²) >= 11 is 11.7. The zero-order valence-electron chi connectivity index (χ0n) is 12.5. The molecule has 0 unspecified atom stereocenters. The maximum Gasteiger partial charge on any atom is 0.281 e. The number of benzene rings is 1. The zero-order chi connectivity index (χ0) is 17.9. The molecule has 0 aliphatic rings. The van der Waals surface area contributed by atoms with Crippen molar-refractivity contribution in [2.75, 3.05) is 6.61 Å². The summed E-state index contributed by atoms with van der Waals surface area (Å²) in [4.78, 5) is 12.4. The summed E-state index contributed by atoms with van der Waals surface area (Å²) in [7, 11) is 0. The monoisotopic (exact) mass is 366 g/mol. The van der Waals surface area contributed by atoms with Gasteiger partial charge in [-0.3, -0.25) is 9.36 Å². The standard InChI is InChI=1S/C15H12Cl2N4O3/c1-8-10(7-18)14(23)21(4-5-22)15(24)13(8)20-19-9-2-3-11(16)12(17)6-9/h2-3,6,22-23H,4-5H2,1H3. The van der Waals surface area contributed by atoms with Crippen molar-refractivity contribution in [3.05, 3.63) is 49.7 Å². The fraction of sp³-hybridized carbons (Fsp3) is 0.200. The third-order valence-corrected chi connectivity index (χ3v) is 4.00. The Kier molecular flexibility index (Phi) is 5.57. The third-order valence-electron chi connectivity index (χ3n) is 3.26. The summed E-state index contributed by atoms with van der Waals surface area (Å²) in [6.45, 7) is 0.922. The number of aromatic nitrogens is 1. The van der Waals surface area contributed by atoms with Crippen LogP contribution in [0.15, 0.2) is 33.2 Å². The summed E-state index contributed by atoms with van der Waals surface area (Å²) in [5.41, 5.74) is -0.321. The molecule has 0 fully saturated rings. The van der Waals surface area contributed by atoms with Crippen molar-refractivity contribution in [1.82, 2.24) is 4.57 Å². The Morgan fingerprint density at radius 2 is 2.00 bits per heavy atom. The average Bonchev–Trinajstić information content (AvgIpc) is 2.55. The molecule has 1 heterocycles. The summed E-state index contributed by atoms with van der Waals surface area (Å²) in [5, 5.41) is 36.6. The lowest BCUT2D eigenvalue weighted by Gasteiger charge is -2.11. The van der Waals surface area contributed by atoms with E-state index >= 15 is 0 Å². The first kappa shape index (κ1) is 17.9. The van der Waals surface area contributed by atoms with E-state index in [0.717, 1.165) is 4.57 Å². The molecular formula is C15H12Cl2N4O3. The minimum Gasteiger partial charge on any atom is -0.493 e. The number of azo groups is 1. The van der Waals surface area contributed by atoms with Gasteiger partial charge in [0.2, 0.25) is 5.88 Å². The highest BCUT2D eigenvalue weighted by atomic mass is 35.5. The molecule has 0 aliphatic carbocycles. The topological polar surface area (TPSA) is 111 Å². The molecule has 2 N–H and O–H groups in total. The van der Waals surface area contributed by atoms with Crippen molar-refractivity contribution in [2.24, 2.45) is 10.2 Å². The van der Waals surface area contributed by atoms with Crippen LogP contribution in [0.4, 0.5) is 11.4 Å². The molecule has 1 aromatic heterocycles. The normalized spacial score (nSPS) is 11.0. The van der Waals surface area contributed by atoms with E-state index in [2.05, 4.69) is 10.2 Å². The molecule has 0 amide bonds. The van der Waals surface area contributed by atoms with Crippen LogP contribution in [0.3, 0.4) is 0 Å². The first-order valence-electron chi connectivity index (χ1n) is 6.74. The van der Waals surface area contributed by atoms with Crippen LogP contribution in [0.5, 0.6) is 5.88 Å². The van der Waals surface area contributed by atoms with Gasteiger partial charge in [0.25, 0.3) is 5.56 Å². The van der Waals surface area contributed by atoms with Crippen molar-refractivity contribution in [2.45, 2.75) is 13.5 Å². The molecule has 2 aromatic rings. The van der Waals surface area contributed by atoms with Gasteiger partial charge >= 0.3 is 0 Å². The molecule has 0 saturated heterocycles. The summed E-state index contributed by atoms with van der Waals surface area (Å²) in [6, 6.07) is 6.38. The highest BCUT2D eigenvalue weighted by Crippen LogP contribution is 2.29. The number of nitriles is 1. The Morgan fingerprint density at radius 3 is 2.58 bits per heavy atom. The van der Waals surface area contributed by atoms with Gasteiger partial charge in [-0.2, -0.15) is 10.4 Å². The third kappa shape index (κ3) is 3.41. The number of aliphatic hydroxyl groups is 1. The van der Waals surface area contributed by atoms with Crippen molar-refractivity contribution < 1.29 is 10.2 Å². The highest BCUT2D eigenvalue weighted by molar-refractivity contribution is 6.42. The Hall–Kier alpha value is -2.40. The van der Waals surface area contributed by atoms with E-state index in [1.807, 2.05) is 6.07 Å². The number of pyridine rings is 1. The van der Waals surface area contributed by atoms with E-state index in [1.54, 1.807) is 6.07 Å². The van der Waals surface area contributed by atoms with Crippen molar-refractivity contribution in [3.63, 3.8) is 0 Å². The lowest BCUT2D eigenvalue weighted by molar-refractivity contribution is 0.263. The molecule has 0 radical (unpaired) electrons. The van der Waals surface area contributed by atoms with Crippen LogP contribution in [0.2, 0.25) is 10.0 Å². The van der Waals surface area contributed by atoms with E-state index in [-0.39, 0.29) is 35.0 Å². The van der Waals surface area contributed by atoms with Crippen LogP contribution in [0, 0.1) is 18.3 Å². The van der Waals surface area contributed by atoms with Gasteiger partial charge in [-0.05, 0) is 25.1 Å². The van der Waals surface area contributed by atoms with Crippen LogP contribution in [-0.4, -0.2) is 21.4 Å². The summed E-state index contributed by atoms with van der Waals surface area (Å²) < 4.78 is 0.870. The molecule has 24 heavy (non-hydrogen) atoms. The van der Waals surface area contributed by atoms with Crippen LogP contribution in [-0.2, 0) is 6.54 Å². The highest BCUT2D eigenvalue weighted by Gasteiger charge is 2.18. The molecule has 9 heteroatoms. The van der Waals surface area contributed by atoms with Gasteiger partial charge in [0.15, 0.2) is 5.69 Å². The Morgan fingerprint density at radius 1 is 1.29 bits per heavy atom. The number of hydrogen-bond acceptors (Lipinski definition) is 6. The fourth-order valence-corrected chi connectivity index (χ4v) is 2.31. The Bertz CT molecular complexity index is 916. The van der Waals surface area contributed by atoms with Gasteiger partial charge in [-0.25, -0.2) is 0 Å². The lowest BCUT2D eigenvalue weighted by Crippen LogP contribution is -2.23. The molecule has 0 atom stereocenters. The molecule has 0 bridgehead atoms. The second-order valence-electron chi connectivity index (χ2n) is 4.76. The van der Waals surface area contributed by atoms with E-state index in [1.165, 1.54) is 19.1 Å². The predicted octanol–water partition coefficient (Wildman–Crippen LogP) is 3.45. The van der Waals surface area contributed by atoms with Crippen LogP contribution < -0.4 is 5.56 Å². The first-order valence-corrected chi connectivity index (χ1v) is 7.50.